The van der Waals surface area contributed by atoms with E-state index in [1.165, 1.54) is 0 Å². The summed E-state index contributed by atoms with van der Waals surface area (Å²) < 4.78 is 7.27. The first-order valence-corrected chi connectivity index (χ1v) is 15.3. The monoisotopic (exact) mass is 617 g/mol. The number of rotatable bonds is 7. The molecule has 2 aliphatic rings. The van der Waals surface area contributed by atoms with E-state index >= 15 is 0 Å². The first kappa shape index (κ1) is 29.5. The molecule has 0 radical (unpaired) electrons. The van der Waals surface area contributed by atoms with Gasteiger partial charge in [-0.2, -0.15) is 0 Å². The first-order chi connectivity index (χ1) is 22.4. The van der Waals surface area contributed by atoms with Gasteiger partial charge in [0.2, 0.25) is 0 Å². The number of morpholine rings is 1. The minimum atomic E-state index is -0.243. The topological polar surface area (TPSA) is 116 Å². The molecule has 1 saturated heterocycles. The number of hydrogen-bond donors (Lipinski definition) is 2. The summed E-state index contributed by atoms with van der Waals surface area (Å²) in [5.74, 6) is 0.421. The lowest BCUT2D eigenvalue weighted by molar-refractivity contribution is 0.0302. The molecule has 0 unspecified atom stereocenters. The van der Waals surface area contributed by atoms with Crippen LogP contribution in [0.2, 0.25) is 0 Å². The van der Waals surface area contributed by atoms with Crippen LogP contribution in [0.3, 0.4) is 0 Å². The molecule has 0 saturated carbocycles. The highest BCUT2D eigenvalue weighted by molar-refractivity contribution is 6.09. The van der Waals surface area contributed by atoms with E-state index in [0.717, 1.165) is 28.8 Å². The molecule has 234 valence electrons. The molecule has 2 aromatic carbocycles. The van der Waals surface area contributed by atoms with E-state index in [0.29, 0.717) is 72.4 Å². The molecule has 2 N–H and O–H groups in total. The molecule has 7 rings (SSSR count). The number of benzene rings is 2. The lowest BCUT2D eigenvalue weighted by Crippen LogP contribution is -2.40. The minimum absolute atomic E-state index is 0.0644. The largest absolute Gasteiger partial charge is 0.392 e. The zero-order chi connectivity index (χ0) is 31.8. The minimum Gasteiger partial charge on any atom is -0.392 e. The Labute approximate surface area is 266 Å². The molecule has 1 fully saturated rings. The third-order valence-electron chi connectivity index (χ3n) is 8.66. The fourth-order valence-corrected chi connectivity index (χ4v) is 6.20. The van der Waals surface area contributed by atoms with Crippen molar-refractivity contribution in [2.24, 2.45) is 0 Å². The number of nitrogens with zero attached hydrogens (tertiary/aromatic N) is 6. The van der Waals surface area contributed by atoms with Gasteiger partial charge in [0.15, 0.2) is 5.65 Å². The van der Waals surface area contributed by atoms with Crippen LogP contribution in [0.4, 0.5) is 22.9 Å². The van der Waals surface area contributed by atoms with Crippen molar-refractivity contribution < 1.29 is 19.4 Å². The zero-order valence-electron chi connectivity index (χ0n) is 25.8. The number of ether oxygens (including phenoxy) is 1. The third-order valence-corrected chi connectivity index (χ3v) is 8.66. The third kappa shape index (κ3) is 5.44. The van der Waals surface area contributed by atoms with Crippen LogP contribution in [0.15, 0.2) is 79.4 Å². The number of imidazole rings is 1. The number of amides is 2. The Kier molecular flexibility index (Phi) is 7.85. The predicted octanol–water partition coefficient (Wildman–Crippen LogP) is 4.37. The van der Waals surface area contributed by atoms with Crippen LogP contribution in [-0.4, -0.2) is 83.1 Å². The molecule has 3 aromatic heterocycles. The summed E-state index contributed by atoms with van der Waals surface area (Å²) in [4.78, 5) is 41.2. The molecule has 0 aliphatic carbocycles. The highest BCUT2D eigenvalue weighted by atomic mass is 16.5. The van der Waals surface area contributed by atoms with Gasteiger partial charge < -0.3 is 34.3 Å². The Morgan fingerprint density at radius 3 is 2.63 bits per heavy atom. The van der Waals surface area contributed by atoms with E-state index in [1.807, 2.05) is 72.2 Å². The average Bonchev–Trinajstić information content (AvgIpc) is 3.58. The van der Waals surface area contributed by atoms with Crippen molar-refractivity contribution in [2.75, 3.05) is 62.1 Å². The second kappa shape index (κ2) is 12.3. The maximum Gasteiger partial charge on any atom is 0.258 e. The van der Waals surface area contributed by atoms with Gasteiger partial charge in [-0.3, -0.25) is 9.59 Å². The SMILES string of the molecule is CN(C)c1ccc2c(c1)CCN(c1cccc(-c3cc(Nc4ccc(C(=O)N5CCOCC5)cn4)c4nccn4c3)c1CO)C2=O. The van der Waals surface area contributed by atoms with Crippen molar-refractivity contribution >= 4 is 40.3 Å². The van der Waals surface area contributed by atoms with Crippen LogP contribution in [0.5, 0.6) is 0 Å². The second-order valence-electron chi connectivity index (χ2n) is 11.7. The van der Waals surface area contributed by atoms with Gasteiger partial charge in [0.05, 0.1) is 36.8 Å². The number of aromatic nitrogens is 3. The summed E-state index contributed by atoms with van der Waals surface area (Å²) in [6, 6.07) is 17.2. The highest BCUT2D eigenvalue weighted by Gasteiger charge is 2.28. The summed E-state index contributed by atoms with van der Waals surface area (Å²) in [5.41, 5.74) is 7.68. The number of aliphatic hydroxyl groups excluding tert-OH is 1. The van der Waals surface area contributed by atoms with E-state index in [-0.39, 0.29) is 18.4 Å². The van der Waals surface area contributed by atoms with Crippen LogP contribution in [-0.2, 0) is 17.8 Å². The van der Waals surface area contributed by atoms with Gasteiger partial charge in [-0.05, 0) is 60.0 Å². The number of carbonyl (C=O) groups excluding carboxylic acids is 2. The van der Waals surface area contributed by atoms with Crippen molar-refractivity contribution in [3.63, 3.8) is 0 Å². The number of carbonyl (C=O) groups is 2. The second-order valence-corrected chi connectivity index (χ2v) is 11.7. The van der Waals surface area contributed by atoms with Gasteiger partial charge in [-0.15, -0.1) is 0 Å². The lowest BCUT2D eigenvalue weighted by atomic mass is 9.94. The van der Waals surface area contributed by atoms with Gasteiger partial charge in [-0.1, -0.05) is 12.1 Å². The van der Waals surface area contributed by atoms with Crippen LogP contribution in [0.1, 0.15) is 31.8 Å². The van der Waals surface area contributed by atoms with Crippen LogP contribution in [0.25, 0.3) is 16.8 Å². The molecule has 11 heteroatoms. The predicted molar refractivity (Wildman–Crippen MR) is 177 cm³/mol. The Hall–Kier alpha value is -5.26. The van der Waals surface area contributed by atoms with Gasteiger partial charge in [0.25, 0.3) is 11.8 Å². The smallest absolute Gasteiger partial charge is 0.258 e. The van der Waals surface area contributed by atoms with E-state index in [9.17, 15) is 14.7 Å². The molecule has 46 heavy (non-hydrogen) atoms. The fraction of sp³-hybridized carbons (Fsp3) is 0.257. The van der Waals surface area contributed by atoms with Gasteiger partial charge in [0, 0.05) is 80.9 Å². The molecule has 5 heterocycles. The number of aliphatic hydroxyl groups is 1. The van der Waals surface area contributed by atoms with E-state index in [1.54, 1.807) is 34.3 Å². The van der Waals surface area contributed by atoms with Crippen molar-refractivity contribution in [3.05, 3.63) is 102 Å². The van der Waals surface area contributed by atoms with Gasteiger partial charge >= 0.3 is 0 Å². The molecular weight excluding hydrogens is 582 g/mol. The molecule has 5 aromatic rings. The molecule has 2 aliphatic heterocycles. The molecule has 0 bridgehead atoms. The van der Waals surface area contributed by atoms with Crippen LogP contribution >= 0.6 is 0 Å². The normalized spacial score (nSPS) is 14.8. The zero-order valence-corrected chi connectivity index (χ0v) is 25.8. The van der Waals surface area contributed by atoms with Crippen LogP contribution in [0, 0.1) is 0 Å². The summed E-state index contributed by atoms with van der Waals surface area (Å²) in [7, 11) is 3.98. The number of anilines is 4. The summed E-state index contributed by atoms with van der Waals surface area (Å²) in [6.45, 7) is 2.48. The maximum absolute atomic E-state index is 13.7. The Bertz CT molecular complexity index is 1930. The van der Waals surface area contributed by atoms with Crippen LogP contribution < -0.4 is 15.1 Å². The standard InChI is InChI=1S/C35H35N7O4/c1-39(2)26-7-8-28-23(18-26)10-12-42(35(28)45)31-5-3-4-27(29(31)22-43)25-19-30(33-36-11-13-41(33)21-25)38-32-9-6-24(20-37-32)34(44)40-14-16-46-17-15-40/h3-9,11,13,18-21,43H,10,12,14-17,22H2,1-2H3,(H,37,38). The van der Waals surface area contributed by atoms with Crippen molar-refractivity contribution in [1.82, 2.24) is 19.3 Å². The first-order valence-electron chi connectivity index (χ1n) is 15.3. The van der Waals surface area contributed by atoms with Gasteiger partial charge in [-0.25, -0.2) is 9.97 Å². The number of hydrogen-bond acceptors (Lipinski definition) is 8. The number of nitrogens with one attached hydrogen (secondary N) is 1. The Balaban J connectivity index is 1.20. The van der Waals surface area contributed by atoms with Crippen molar-refractivity contribution in [1.29, 1.82) is 0 Å². The highest BCUT2D eigenvalue weighted by Crippen LogP contribution is 2.36. The van der Waals surface area contributed by atoms with Crippen molar-refractivity contribution in [2.45, 2.75) is 13.0 Å². The number of fused-ring (bicyclic) bond motifs is 2. The molecule has 0 spiro atoms. The Morgan fingerprint density at radius 2 is 1.87 bits per heavy atom. The van der Waals surface area contributed by atoms with E-state index < -0.39 is 0 Å². The van der Waals surface area contributed by atoms with E-state index in [4.69, 9.17) is 4.74 Å². The lowest BCUT2D eigenvalue weighted by Gasteiger charge is -2.31. The maximum atomic E-state index is 13.7. The molecular formula is C35H35N7O4. The number of pyridine rings is 2. The summed E-state index contributed by atoms with van der Waals surface area (Å²) in [6.07, 6.45) is 7.83. The quantitative estimate of drug-likeness (QED) is 0.277. The molecule has 11 nitrogen and oxygen atoms in total. The molecule has 0 atom stereocenters. The molecule has 2 amide bonds. The fourth-order valence-electron chi connectivity index (χ4n) is 6.20. The summed E-state index contributed by atoms with van der Waals surface area (Å²) >= 11 is 0. The summed E-state index contributed by atoms with van der Waals surface area (Å²) in [5, 5.41) is 14.1. The van der Waals surface area contributed by atoms with Crippen molar-refractivity contribution in [3.8, 4) is 11.1 Å². The van der Waals surface area contributed by atoms with E-state index in [2.05, 4.69) is 21.4 Å². The Morgan fingerprint density at radius 1 is 1.02 bits per heavy atom. The average molecular weight is 618 g/mol. The van der Waals surface area contributed by atoms with Gasteiger partial charge in [0.1, 0.15) is 5.82 Å².